The molecule has 26 heavy (non-hydrogen) atoms. The largest absolute Gasteiger partial charge is 0.493 e. The van der Waals surface area contributed by atoms with E-state index in [0.29, 0.717) is 18.7 Å². The Hall–Kier alpha value is -2.38. The Kier molecular flexibility index (Phi) is 5.90. The first-order chi connectivity index (χ1) is 12.5. The molecule has 1 amide bonds. The fourth-order valence-corrected chi connectivity index (χ4v) is 3.03. The molecule has 0 saturated heterocycles. The number of nitrogens with one attached hydrogen (secondary N) is 2. The Morgan fingerprint density at radius 1 is 1.31 bits per heavy atom. The van der Waals surface area contributed by atoms with Crippen molar-refractivity contribution in [3.8, 4) is 5.75 Å². The Morgan fingerprint density at radius 3 is 2.85 bits per heavy atom. The molecule has 1 aromatic heterocycles. The van der Waals surface area contributed by atoms with Crippen LogP contribution in [0.1, 0.15) is 23.8 Å². The van der Waals surface area contributed by atoms with Gasteiger partial charge in [-0.25, -0.2) is 4.98 Å². The highest BCUT2D eigenvalue weighted by Crippen LogP contribution is 2.24. The molecule has 0 radical (unpaired) electrons. The number of aromatic amines is 1. The maximum Gasteiger partial charge on any atom is 0.269 e. The summed E-state index contributed by atoms with van der Waals surface area (Å²) in [6, 6.07) is 11.5. The Balaban J connectivity index is 1.58. The van der Waals surface area contributed by atoms with Gasteiger partial charge in [0, 0.05) is 10.9 Å². The fourth-order valence-electron chi connectivity index (χ4n) is 2.65. The smallest absolute Gasteiger partial charge is 0.269 e. The lowest BCUT2D eigenvalue weighted by molar-refractivity contribution is 0.0827. The number of carbonyl (C=O) groups excluding carboxylic acids is 1. The monoisotopic (exact) mass is 417 g/mol. The first-order valence-corrected chi connectivity index (χ1v) is 9.11. The number of halogens is 1. The number of H-pyrrole nitrogens is 1. The topological polar surface area (TPSA) is 87.2 Å². The number of imidazole rings is 1. The number of amides is 1. The van der Waals surface area contributed by atoms with Crippen molar-refractivity contribution in [2.45, 2.75) is 25.5 Å². The van der Waals surface area contributed by atoms with E-state index < -0.39 is 12.1 Å². The van der Waals surface area contributed by atoms with Crippen molar-refractivity contribution < 1.29 is 14.6 Å². The highest BCUT2D eigenvalue weighted by atomic mass is 79.9. The number of aromatic nitrogens is 2. The quantitative estimate of drug-likeness (QED) is 0.550. The normalized spacial score (nSPS) is 13.3. The predicted octanol–water partition coefficient (Wildman–Crippen LogP) is 3.27. The lowest BCUT2D eigenvalue weighted by Crippen LogP contribution is -2.43. The molecule has 0 aliphatic heterocycles. The number of benzene rings is 2. The van der Waals surface area contributed by atoms with Gasteiger partial charge in [-0.2, -0.15) is 0 Å². The average molecular weight is 418 g/mol. The van der Waals surface area contributed by atoms with Gasteiger partial charge in [-0.15, -0.1) is 0 Å². The molecule has 2 aromatic carbocycles. The molecule has 0 fully saturated rings. The van der Waals surface area contributed by atoms with Crippen molar-refractivity contribution in [2.75, 3.05) is 6.61 Å². The molecule has 6 nitrogen and oxygen atoms in total. The van der Waals surface area contributed by atoms with Crippen molar-refractivity contribution in [1.29, 1.82) is 0 Å². The zero-order valence-corrected chi connectivity index (χ0v) is 15.9. The summed E-state index contributed by atoms with van der Waals surface area (Å²) < 4.78 is 6.82. The maximum absolute atomic E-state index is 12.1. The third kappa shape index (κ3) is 4.62. The van der Waals surface area contributed by atoms with Gasteiger partial charge in [0.05, 0.1) is 31.3 Å². The lowest BCUT2D eigenvalue weighted by Gasteiger charge is -2.21. The van der Waals surface area contributed by atoms with E-state index in [1.165, 1.54) is 12.5 Å². The van der Waals surface area contributed by atoms with E-state index in [4.69, 9.17) is 4.74 Å². The predicted molar refractivity (Wildman–Crippen MR) is 103 cm³/mol. The van der Waals surface area contributed by atoms with E-state index in [0.717, 1.165) is 21.0 Å². The van der Waals surface area contributed by atoms with E-state index in [-0.39, 0.29) is 5.91 Å². The van der Waals surface area contributed by atoms with Gasteiger partial charge in [-0.1, -0.05) is 28.1 Å². The van der Waals surface area contributed by atoms with E-state index in [2.05, 4.69) is 31.2 Å². The summed E-state index contributed by atoms with van der Waals surface area (Å²) in [7, 11) is 0. The number of fused-ring (bicyclic) bond motifs is 1. The van der Waals surface area contributed by atoms with Gasteiger partial charge >= 0.3 is 0 Å². The molecule has 0 aliphatic rings. The zero-order valence-electron chi connectivity index (χ0n) is 14.3. The van der Waals surface area contributed by atoms with E-state index >= 15 is 0 Å². The first-order valence-electron chi connectivity index (χ1n) is 8.32. The number of aliphatic hydroxyl groups excluding tert-OH is 1. The molecule has 136 valence electrons. The zero-order chi connectivity index (χ0) is 18.5. The molecule has 3 rings (SSSR count). The Labute approximate surface area is 159 Å². The Bertz CT molecular complexity index is 881. The molecule has 1 heterocycles. The molecule has 3 aromatic rings. The van der Waals surface area contributed by atoms with Crippen molar-refractivity contribution in [3.05, 3.63) is 59.1 Å². The minimum absolute atomic E-state index is 0.302. The summed E-state index contributed by atoms with van der Waals surface area (Å²) in [5.41, 5.74) is 0.358. The number of hydrogen-bond donors (Lipinski definition) is 3. The van der Waals surface area contributed by atoms with E-state index in [1.54, 1.807) is 6.92 Å². The van der Waals surface area contributed by atoms with Gasteiger partial charge in [-0.05, 0) is 42.0 Å². The number of carbonyl (C=O) groups is 1. The van der Waals surface area contributed by atoms with Crippen LogP contribution >= 0.6 is 15.9 Å². The van der Waals surface area contributed by atoms with Crippen LogP contribution in [0.4, 0.5) is 0 Å². The summed E-state index contributed by atoms with van der Waals surface area (Å²) >= 11 is 3.47. The van der Waals surface area contributed by atoms with Crippen LogP contribution < -0.4 is 10.1 Å². The van der Waals surface area contributed by atoms with Crippen LogP contribution in [-0.4, -0.2) is 39.7 Å². The molecular formula is C19H20BrN3O3. The van der Waals surface area contributed by atoms with Crippen molar-refractivity contribution in [3.63, 3.8) is 0 Å². The molecule has 0 bridgehead atoms. The van der Waals surface area contributed by atoms with Crippen LogP contribution in [0, 0.1) is 0 Å². The molecular weight excluding hydrogens is 398 g/mol. The van der Waals surface area contributed by atoms with Gasteiger partial charge < -0.3 is 20.1 Å². The second kappa shape index (κ2) is 8.33. The molecule has 7 heteroatoms. The maximum atomic E-state index is 12.1. The molecule has 3 N–H and O–H groups in total. The van der Waals surface area contributed by atoms with Crippen LogP contribution in [0.3, 0.4) is 0 Å². The SMILES string of the molecule is C[C@H](O)[C@@H](CCOc1ccc2ccc(Br)cc2c1)NC(=O)c1cnc[nH]1. The second-order valence-electron chi connectivity index (χ2n) is 6.08. The average Bonchev–Trinajstić information content (AvgIpc) is 3.15. The van der Waals surface area contributed by atoms with Gasteiger partial charge in [0.1, 0.15) is 11.4 Å². The van der Waals surface area contributed by atoms with Crippen LogP contribution in [0.2, 0.25) is 0 Å². The molecule has 0 unspecified atom stereocenters. The third-order valence-electron chi connectivity index (χ3n) is 4.11. The van der Waals surface area contributed by atoms with Crippen molar-refractivity contribution in [1.82, 2.24) is 15.3 Å². The number of nitrogens with zero attached hydrogens (tertiary/aromatic N) is 1. The minimum Gasteiger partial charge on any atom is -0.493 e. The highest BCUT2D eigenvalue weighted by Gasteiger charge is 2.19. The summed E-state index contributed by atoms with van der Waals surface area (Å²) in [6.45, 7) is 2.02. The number of ether oxygens (including phenoxy) is 1. The fraction of sp³-hybridized carbons (Fsp3) is 0.263. The van der Waals surface area contributed by atoms with E-state index in [9.17, 15) is 9.90 Å². The van der Waals surface area contributed by atoms with Crippen molar-refractivity contribution in [2.24, 2.45) is 0 Å². The summed E-state index contributed by atoms with van der Waals surface area (Å²) in [5.74, 6) is 0.448. The second-order valence-corrected chi connectivity index (χ2v) is 6.99. The van der Waals surface area contributed by atoms with E-state index in [1.807, 2.05) is 36.4 Å². The number of rotatable bonds is 7. The number of aliphatic hydroxyl groups is 1. The third-order valence-corrected chi connectivity index (χ3v) is 4.61. The summed E-state index contributed by atoms with van der Waals surface area (Å²) in [6.07, 6.45) is 2.66. The van der Waals surface area contributed by atoms with Gasteiger partial charge in [0.25, 0.3) is 5.91 Å². The van der Waals surface area contributed by atoms with Gasteiger partial charge in [-0.3, -0.25) is 4.79 Å². The minimum atomic E-state index is -0.696. The van der Waals surface area contributed by atoms with Crippen molar-refractivity contribution >= 4 is 32.6 Å². The standard InChI is InChI=1S/C19H20BrN3O3/c1-12(24)17(23-19(25)18-10-21-11-22-18)6-7-26-16-5-3-13-2-4-15(20)8-14(13)9-16/h2-5,8-12,17,24H,6-7H2,1H3,(H,21,22)(H,23,25)/t12-,17+/m0/s1. The summed E-state index contributed by atoms with van der Waals surface area (Å²) in [5, 5.41) is 14.9. The Morgan fingerprint density at radius 2 is 2.12 bits per heavy atom. The lowest BCUT2D eigenvalue weighted by atomic mass is 10.1. The summed E-state index contributed by atoms with van der Waals surface area (Å²) in [4.78, 5) is 18.7. The van der Waals surface area contributed by atoms with Gasteiger partial charge in [0.15, 0.2) is 0 Å². The van der Waals surface area contributed by atoms with Crippen LogP contribution in [-0.2, 0) is 0 Å². The molecule has 0 saturated carbocycles. The van der Waals surface area contributed by atoms with Gasteiger partial charge in [0.2, 0.25) is 0 Å². The highest BCUT2D eigenvalue weighted by molar-refractivity contribution is 9.10. The van der Waals surface area contributed by atoms with Crippen LogP contribution in [0.15, 0.2) is 53.4 Å². The molecule has 0 aliphatic carbocycles. The first kappa shape index (κ1) is 18.4. The molecule has 0 spiro atoms. The van der Waals surface area contributed by atoms with Crippen LogP contribution in [0.25, 0.3) is 10.8 Å². The number of hydrogen-bond acceptors (Lipinski definition) is 4. The van der Waals surface area contributed by atoms with Crippen LogP contribution in [0.5, 0.6) is 5.75 Å². The molecule has 2 atom stereocenters.